The number of rotatable bonds is 44. The number of carbonyl (C=O) groups excluding carboxylic acids is 3. The summed E-state index contributed by atoms with van der Waals surface area (Å²) in [6.07, 6.45) is 68.0. The minimum atomic E-state index is -0.819. The molecule has 0 aliphatic rings. The van der Waals surface area contributed by atoms with Crippen LogP contribution in [-0.4, -0.2) is 37.2 Å². The van der Waals surface area contributed by atoms with Crippen molar-refractivity contribution < 1.29 is 28.6 Å². The van der Waals surface area contributed by atoms with Crippen molar-refractivity contribution in [1.29, 1.82) is 0 Å². The summed E-state index contributed by atoms with van der Waals surface area (Å²) in [6, 6.07) is 0. The Morgan fingerprint density at radius 2 is 0.714 bits per heavy atom. The Morgan fingerprint density at radius 3 is 1.22 bits per heavy atom. The van der Waals surface area contributed by atoms with Crippen LogP contribution in [-0.2, 0) is 28.6 Å². The number of allylic oxidation sites excluding steroid dienone is 18. The van der Waals surface area contributed by atoms with Crippen molar-refractivity contribution in [2.75, 3.05) is 13.2 Å². The molecule has 0 radical (unpaired) electrons. The SMILES string of the molecule is CC/C=C/C=C/C=C/C=C/C=C/CCCC(=O)OCC(COC(=O)CCCCCCC/C=C/C=C/CCCCCCCCC)OC(=O)CCCCCCCCC/C=C/C/C=C/CC. The molecular formula is C57H92O6. The molecule has 6 nitrogen and oxygen atoms in total. The Bertz CT molecular complexity index is 1330. The molecule has 0 spiro atoms. The molecule has 63 heavy (non-hydrogen) atoms. The molecule has 0 saturated carbocycles. The molecule has 0 aromatic rings. The first-order valence-electron chi connectivity index (χ1n) is 25.5. The molecule has 0 aliphatic heterocycles. The van der Waals surface area contributed by atoms with Crippen LogP contribution in [0.4, 0.5) is 0 Å². The highest BCUT2D eigenvalue weighted by molar-refractivity contribution is 5.71. The standard InChI is InChI=1S/C57H92O6/c1-4-7-10-13-16-19-22-25-27-28-29-30-33-35-38-41-44-47-50-56(59)62-53-54(52-61-55(58)49-46-43-40-37-34-31-24-21-18-15-12-9-6-3)63-57(60)51-48-45-42-39-36-32-26-23-20-17-14-11-8-5-2/h8-9,11-12,15,17-18,20-21,24,27-31,34,37,40,54H,4-7,10,13-14,16,19,22-23,25-26,32-33,35-36,38-39,41-53H2,1-3H3/b11-8+,12-9+,18-15+,20-17+,24-21+,28-27+,30-29+,34-31+,40-37+. The first kappa shape index (κ1) is 59.1. The molecular weight excluding hydrogens is 781 g/mol. The van der Waals surface area contributed by atoms with Gasteiger partial charge in [-0.1, -0.05) is 220 Å². The highest BCUT2D eigenvalue weighted by atomic mass is 16.6. The van der Waals surface area contributed by atoms with Crippen LogP contribution in [0.2, 0.25) is 0 Å². The van der Waals surface area contributed by atoms with Crippen LogP contribution in [0.15, 0.2) is 109 Å². The predicted octanol–water partition coefficient (Wildman–Crippen LogP) is 16.8. The second-order valence-electron chi connectivity index (χ2n) is 16.5. The van der Waals surface area contributed by atoms with Crippen molar-refractivity contribution in [3.8, 4) is 0 Å². The predicted molar refractivity (Wildman–Crippen MR) is 270 cm³/mol. The summed E-state index contributed by atoms with van der Waals surface area (Å²) in [5.74, 6) is -1.02. The maximum Gasteiger partial charge on any atom is 0.306 e. The molecule has 1 unspecified atom stereocenters. The Kier molecular flexibility index (Phi) is 47.5. The first-order chi connectivity index (χ1) is 31.0. The van der Waals surface area contributed by atoms with Gasteiger partial charge in [-0.15, -0.1) is 0 Å². The van der Waals surface area contributed by atoms with Crippen LogP contribution in [0.25, 0.3) is 0 Å². The van der Waals surface area contributed by atoms with Crippen LogP contribution in [0.3, 0.4) is 0 Å². The van der Waals surface area contributed by atoms with Gasteiger partial charge in [-0.2, -0.15) is 0 Å². The van der Waals surface area contributed by atoms with Gasteiger partial charge in [0.05, 0.1) is 0 Å². The fourth-order valence-electron chi connectivity index (χ4n) is 6.62. The van der Waals surface area contributed by atoms with Crippen LogP contribution in [0.1, 0.15) is 213 Å². The number of hydrogen-bond donors (Lipinski definition) is 0. The van der Waals surface area contributed by atoms with Crippen molar-refractivity contribution in [2.24, 2.45) is 0 Å². The molecule has 0 aromatic carbocycles. The van der Waals surface area contributed by atoms with Gasteiger partial charge in [0.15, 0.2) is 6.10 Å². The number of hydrogen-bond acceptors (Lipinski definition) is 6. The smallest absolute Gasteiger partial charge is 0.306 e. The summed E-state index contributed by atoms with van der Waals surface area (Å²) in [7, 11) is 0. The lowest BCUT2D eigenvalue weighted by Crippen LogP contribution is -2.30. The van der Waals surface area contributed by atoms with E-state index in [1.807, 2.05) is 54.7 Å². The lowest BCUT2D eigenvalue weighted by Gasteiger charge is -2.18. The molecule has 0 heterocycles. The van der Waals surface area contributed by atoms with Crippen molar-refractivity contribution in [3.63, 3.8) is 0 Å². The Morgan fingerprint density at radius 1 is 0.349 bits per heavy atom. The lowest BCUT2D eigenvalue weighted by molar-refractivity contribution is -0.167. The Hall–Kier alpha value is -3.93. The Balaban J connectivity index is 4.51. The first-order valence-corrected chi connectivity index (χ1v) is 25.5. The quantitative estimate of drug-likeness (QED) is 0.0199. The van der Waals surface area contributed by atoms with E-state index in [0.29, 0.717) is 19.3 Å². The molecule has 0 amide bonds. The molecule has 0 saturated heterocycles. The summed E-state index contributed by atoms with van der Waals surface area (Å²) in [4.78, 5) is 37.9. The topological polar surface area (TPSA) is 78.9 Å². The maximum atomic E-state index is 12.8. The highest BCUT2D eigenvalue weighted by Gasteiger charge is 2.19. The zero-order valence-corrected chi connectivity index (χ0v) is 40.5. The van der Waals surface area contributed by atoms with Crippen LogP contribution >= 0.6 is 0 Å². The molecule has 0 aromatic heterocycles. The average Bonchev–Trinajstić information content (AvgIpc) is 3.28. The van der Waals surface area contributed by atoms with E-state index in [1.54, 1.807) is 0 Å². The molecule has 356 valence electrons. The molecule has 6 heteroatoms. The molecule has 0 rings (SSSR count). The van der Waals surface area contributed by atoms with Gasteiger partial charge in [0, 0.05) is 19.3 Å². The highest BCUT2D eigenvalue weighted by Crippen LogP contribution is 2.13. The minimum absolute atomic E-state index is 0.114. The zero-order chi connectivity index (χ0) is 45.8. The summed E-state index contributed by atoms with van der Waals surface area (Å²) in [5.41, 5.74) is 0. The number of esters is 3. The van der Waals surface area contributed by atoms with Gasteiger partial charge in [-0.05, 0) is 83.5 Å². The van der Waals surface area contributed by atoms with Gasteiger partial charge in [0.2, 0.25) is 0 Å². The average molecular weight is 873 g/mol. The summed E-state index contributed by atoms with van der Waals surface area (Å²) in [6.45, 7) is 6.28. The van der Waals surface area contributed by atoms with E-state index >= 15 is 0 Å². The second-order valence-corrected chi connectivity index (χ2v) is 16.5. The largest absolute Gasteiger partial charge is 0.462 e. The molecule has 0 aliphatic carbocycles. The second kappa shape index (κ2) is 50.7. The molecule has 0 fully saturated rings. The third-order valence-corrected chi connectivity index (χ3v) is 10.4. The number of carbonyl (C=O) groups is 3. The third-order valence-electron chi connectivity index (χ3n) is 10.4. The molecule has 1 atom stereocenters. The van der Waals surface area contributed by atoms with Crippen molar-refractivity contribution in [2.45, 2.75) is 219 Å². The van der Waals surface area contributed by atoms with Crippen molar-refractivity contribution in [1.82, 2.24) is 0 Å². The van der Waals surface area contributed by atoms with E-state index in [2.05, 4.69) is 75.5 Å². The van der Waals surface area contributed by atoms with Gasteiger partial charge in [-0.25, -0.2) is 0 Å². The minimum Gasteiger partial charge on any atom is -0.462 e. The normalized spacial score (nSPS) is 13.0. The van der Waals surface area contributed by atoms with Crippen LogP contribution in [0.5, 0.6) is 0 Å². The Labute approximate surface area is 387 Å². The number of unbranched alkanes of at least 4 members (excludes halogenated alkanes) is 20. The van der Waals surface area contributed by atoms with Gasteiger partial charge < -0.3 is 14.2 Å². The zero-order valence-electron chi connectivity index (χ0n) is 40.5. The van der Waals surface area contributed by atoms with E-state index in [9.17, 15) is 14.4 Å². The van der Waals surface area contributed by atoms with E-state index in [1.165, 1.54) is 77.0 Å². The van der Waals surface area contributed by atoms with Gasteiger partial charge in [-0.3, -0.25) is 14.4 Å². The third kappa shape index (κ3) is 49.0. The van der Waals surface area contributed by atoms with E-state index in [-0.39, 0.29) is 37.5 Å². The van der Waals surface area contributed by atoms with E-state index in [4.69, 9.17) is 14.2 Å². The molecule has 0 bridgehead atoms. The lowest BCUT2D eigenvalue weighted by atomic mass is 10.1. The van der Waals surface area contributed by atoms with Gasteiger partial charge in [0.1, 0.15) is 13.2 Å². The van der Waals surface area contributed by atoms with Gasteiger partial charge in [0.25, 0.3) is 0 Å². The summed E-state index contributed by atoms with van der Waals surface area (Å²) < 4.78 is 16.7. The van der Waals surface area contributed by atoms with Crippen LogP contribution < -0.4 is 0 Å². The van der Waals surface area contributed by atoms with E-state index in [0.717, 1.165) is 89.9 Å². The van der Waals surface area contributed by atoms with Crippen LogP contribution in [0, 0.1) is 0 Å². The van der Waals surface area contributed by atoms with Crippen molar-refractivity contribution in [3.05, 3.63) is 109 Å². The fraction of sp³-hybridized carbons (Fsp3) is 0.632. The monoisotopic (exact) mass is 873 g/mol. The molecule has 0 N–H and O–H groups in total. The fourth-order valence-corrected chi connectivity index (χ4v) is 6.62. The van der Waals surface area contributed by atoms with E-state index < -0.39 is 6.10 Å². The van der Waals surface area contributed by atoms with Crippen molar-refractivity contribution >= 4 is 17.9 Å². The van der Waals surface area contributed by atoms with Gasteiger partial charge >= 0.3 is 17.9 Å². The summed E-state index contributed by atoms with van der Waals surface area (Å²) in [5, 5.41) is 0. The maximum absolute atomic E-state index is 12.8. The summed E-state index contributed by atoms with van der Waals surface area (Å²) >= 11 is 0. The number of ether oxygens (including phenoxy) is 3.